The molecule has 0 unspecified atom stereocenters. The van der Waals surface area contributed by atoms with Gasteiger partial charge < -0.3 is 30.4 Å². The van der Waals surface area contributed by atoms with Gasteiger partial charge in [0.1, 0.15) is 18.3 Å². The summed E-state index contributed by atoms with van der Waals surface area (Å²) < 4.78 is 0. The molecule has 0 aromatic carbocycles. The van der Waals surface area contributed by atoms with Gasteiger partial charge in [-0.05, 0) is 12.8 Å². The number of hydrogen-bond acceptors (Lipinski definition) is 6. The molecule has 1 amide bonds. The number of carbonyl (C=O) groups excluding carboxylic acids is 1. The molecular weight excluding hydrogens is 470 g/mol. The van der Waals surface area contributed by atoms with Gasteiger partial charge in [-0.25, -0.2) is 0 Å². The third-order valence-corrected chi connectivity index (χ3v) is 7.38. The number of amides is 1. The first-order valence-electron chi connectivity index (χ1n) is 15.5. The Labute approximate surface area is 227 Å². The molecule has 222 valence electrons. The summed E-state index contributed by atoms with van der Waals surface area (Å²) in [7, 11) is 0. The van der Waals surface area contributed by atoms with Gasteiger partial charge >= 0.3 is 0 Å². The summed E-state index contributed by atoms with van der Waals surface area (Å²) in [5.41, 5.74) is 0. The molecule has 7 heteroatoms. The lowest BCUT2D eigenvalue weighted by molar-refractivity contribution is -0.158. The molecule has 0 saturated heterocycles. The highest BCUT2D eigenvalue weighted by molar-refractivity contribution is 5.81. The monoisotopic (exact) mass is 531 g/mol. The largest absolute Gasteiger partial charge is 0.394 e. The second-order valence-corrected chi connectivity index (χ2v) is 10.9. The van der Waals surface area contributed by atoms with Gasteiger partial charge in [0.25, 0.3) is 5.91 Å². The van der Waals surface area contributed by atoms with E-state index in [0.29, 0.717) is 13.1 Å². The molecular formula is C30H61NO6. The molecule has 0 heterocycles. The van der Waals surface area contributed by atoms with Crippen LogP contribution in [0.25, 0.3) is 0 Å². The fourth-order valence-electron chi connectivity index (χ4n) is 4.77. The van der Waals surface area contributed by atoms with E-state index in [0.717, 1.165) is 38.5 Å². The van der Waals surface area contributed by atoms with Crippen molar-refractivity contribution < 1.29 is 30.3 Å². The summed E-state index contributed by atoms with van der Waals surface area (Å²) in [5.74, 6) is -0.622. The molecule has 0 aromatic heterocycles. The Kier molecular flexibility index (Phi) is 25.0. The van der Waals surface area contributed by atoms with E-state index < -0.39 is 36.9 Å². The summed E-state index contributed by atoms with van der Waals surface area (Å²) in [4.78, 5) is 14.5. The van der Waals surface area contributed by atoms with Crippen LogP contribution >= 0.6 is 0 Å². The maximum absolute atomic E-state index is 12.9. The first-order valence-corrected chi connectivity index (χ1v) is 15.5. The average molecular weight is 532 g/mol. The zero-order chi connectivity index (χ0) is 27.7. The predicted octanol–water partition coefficient (Wildman–Crippen LogP) is 5.09. The fraction of sp³-hybridized carbons (Fsp3) is 0.967. The van der Waals surface area contributed by atoms with E-state index in [2.05, 4.69) is 13.8 Å². The third kappa shape index (κ3) is 19.0. The van der Waals surface area contributed by atoms with Crippen LogP contribution in [0.3, 0.4) is 0 Å². The van der Waals surface area contributed by atoms with E-state index in [1.54, 1.807) is 4.90 Å². The molecule has 4 atom stereocenters. The quantitative estimate of drug-likeness (QED) is 0.0941. The van der Waals surface area contributed by atoms with Crippen molar-refractivity contribution in [3.8, 4) is 0 Å². The lowest BCUT2D eigenvalue weighted by atomic mass is 10.0. The summed E-state index contributed by atoms with van der Waals surface area (Å²) in [6.07, 6.45) is 16.8. The summed E-state index contributed by atoms with van der Waals surface area (Å²) in [5, 5.41) is 49.1. The highest BCUT2D eigenvalue weighted by atomic mass is 16.4. The SMILES string of the molecule is CCCCCCCCCCCCN(CCCCCCCCCCCC)C(=O)[C@@H](O)[C@@H](O)[C@H](O)[C@H](O)CO. The molecule has 5 N–H and O–H groups in total. The van der Waals surface area contributed by atoms with E-state index >= 15 is 0 Å². The second-order valence-electron chi connectivity index (χ2n) is 10.9. The van der Waals surface area contributed by atoms with Gasteiger partial charge in [0.05, 0.1) is 6.61 Å². The van der Waals surface area contributed by atoms with Crippen LogP contribution in [0, 0.1) is 0 Å². The average Bonchev–Trinajstić information content (AvgIpc) is 2.91. The minimum Gasteiger partial charge on any atom is -0.394 e. The first kappa shape index (κ1) is 36.3. The molecule has 37 heavy (non-hydrogen) atoms. The van der Waals surface area contributed by atoms with Gasteiger partial charge in [-0.2, -0.15) is 0 Å². The topological polar surface area (TPSA) is 121 Å². The van der Waals surface area contributed by atoms with Crippen molar-refractivity contribution >= 4 is 5.91 Å². The van der Waals surface area contributed by atoms with Gasteiger partial charge in [-0.1, -0.05) is 129 Å². The van der Waals surface area contributed by atoms with Crippen molar-refractivity contribution in [1.82, 2.24) is 4.90 Å². The summed E-state index contributed by atoms with van der Waals surface area (Å²) in [6, 6.07) is 0. The Morgan fingerprint density at radius 3 is 1.19 bits per heavy atom. The molecule has 0 fully saturated rings. The van der Waals surface area contributed by atoms with Crippen molar-refractivity contribution in [2.24, 2.45) is 0 Å². The maximum atomic E-state index is 12.9. The van der Waals surface area contributed by atoms with Crippen LogP contribution in [-0.4, -0.2) is 80.5 Å². The van der Waals surface area contributed by atoms with Gasteiger partial charge in [0.15, 0.2) is 6.10 Å². The number of aliphatic hydroxyl groups is 5. The normalized spacial score (nSPS) is 14.9. The van der Waals surface area contributed by atoms with E-state index in [9.17, 15) is 25.2 Å². The van der Waals surface area contributed by atoms with Crippen molar-refractivity contribution in [2.75, 3.05) is 19.7 Å². The predicted molar refractivity (Wildman–Crippen MR) is 151 cm³/mol. The highest BCUT2D eigenvalue weighted by Crippen LogP contribution is 2.15. The van der Waals surface area contributed by atoms with Gasteiger partial charge in [0, 0.05) is 13.1 Å². The highest BCUT2D eigenvalue weighted by Gasteiger charge is 2.36. The number of unbranched alkanes of at least 4 members (excludes halogenated alkanes) is 18. The Morgan fingerprint density at radius 2 is 0.865 bits per heavy atom. The van der Waals surface area contributed by atoms with Crippen LogP contribution in [-0.2, 0) is 4.79 Å². The maximum Gasteiger partial charge on any atom is 0.254 e. The minimum atomic E-state index is -1.85. The third-order valence-electron chi connectivity index (χ3n) is 7.38. The van der Waals surface area contributed by atoms with Crippen molar-refractivity contribution in [3.63, 3.8) is 0 Å². The van der Waals surface area contributed by atoms with Crippen molar-refractivity contribution in [1.29, 1.82) is 0 Å². The number of hydrogen-bond donors (Lipinski definition) is 5. The van der Waals surface area contributed by atoms with Crippen LogP contribution in [0.5, 0.6) is 0 Å². The Morgan fingerprint density at radius 1 is 0.541 bits per heavy atom. The molecule has 7 nitrogen and oxygen atoms in total. The van der Waals surface area contributed by atoms with Gasteiger partial charge in [-0.15, -0.1) is 0 Å². The Hall–Kier alpha value is -0.730. The Balaban J connectivity index is 4.47. The second kappa shape index (κ2) is 25.5. The van der Waals surface area contributed by atoms with E-state index in [1.165, 1.54) is 89.9 Å². The molecule has 0 aliphatic carbocycles. The standard InChI is InChI=1S/C30H61NO6/c1-3-5-7-9-11-13-15-17-19-21-23-31(24-22-20-18-16-14-12-10-8-6-4-2)30(37)29(36)28(35)27(34)26(33)25-32/h26-29,32-36H,3-25H2,1-2H3/t26-,27-,28+,29+/m1/s1. The van der Waals surface area contributed by atoms with E-state index in [-0.39, 0.29) is 0 Å². The lowest BCUT2D eigenvalue weighted by Gasteiger charge is -2.30. The molecule has 0 aliphatic rings. The number of nitrogens with zero attached hydrogens (tertiary/aromatic N) is 1. The Bertz CT molecular complexity index is 482. The smallest absolute Gasteiger partial charge is 0.254 e. The zero-order valence-electron chi connectivity index (χ0n) is 24.2. The summed E-state index contributed by atoms with van der Waals surface area (Å²) in [6.45, 7) is 4.71. The number of carbonyl (C=O) groups is 1. The van der Waals surface area contributed by atoms with Gasteiger partial charge in [0.2, 0.25) is 0 Å². The molecule has 0 saturated carbocycles. The molecule has 0 aliphatic heterocycles. The molecule has 0 spiro atoms. The minimum absolute atomic E-state index is 0.509. The number of aliphatic hydroxyl groups excluding tert-OH is 5. The van der Waals surface area contributed by atoms with Gasteiger partial charge in [-0.3, -0.25) is 4.79 Å². The van der Waals surface area contributed by atoms with Crippen LogP contribution in [0.1, 0.15) is 142 Å². The molecule has 0 aromatic rings. The van der Waals surface area contributed by atoms with Crippen LogP contribution < -0.4 is 0 Å². The van der Waals surface area contributed by atoms with E-state index in [1.807, 2.05) is 0 Å². The lowest BCUT2D eigenvalue weighted by Crippen LogP contribution is -2.53. The van der Waals surface area contributed by atoms with Crippen LogP contribution in [0.15, 0.2) is 0 Å². The molecule has 0 rings (SSSR count). The van der Waals surface area contributed by atoms with E-state index in [4.69, 9.17) is 5.11 Å². The van der Waals surface area contributed by atoms with Crippen LogP contribution in [0.4, 0.5) is 0 Å². The first-order chi connectivity index (χ1) is 17.9. The van der Waals surface area contributed by atoms with Crippen molar-refractivity contribution in [2.45, 2.75) is 167 Å². The van der Waals surface area contributed by atoms with Crippen LogP contribution in [0.2, 0.25) is 0 Å². The summed E-state index contributed by atoms with van der Waals surface area (Å²) >= 11 is 0. The number of rotatable bonds is 27. The molecule has 0 bridgehead atoms. The molecule has 0 radical (unpaired) electrons. The zero-order valence-corrected chi connectivity index (χ0v) is 24.2. The van der Waals surface area contributed by atoms with Crippen molar-refractivity contribution in [3.05, 3.63) is 0 Å². The fourth-order valence-corrected chi connectivity index (χ4v) is 4.77.